The van der Waals surface area contributed by atoms with Gasteiger partial charge < -0.3 is 9.47 Å². The van der Waals surface area contributed by atoms with Gasteiger partial charge in [-0.05, 0) is 41.1 Å². The Morgan fingerprint density at radius 3 is 2.76 bits per heavy atom. The number of amides is 1. The zero-order chi connectivity index (χ0) is 22.6. The average molecular weight is 526 g/mol. The number of morpholine rings is 1. The molecule has 0 atom stereocenters. The van der Waals surface area contributed by atoms with Crippen LogP contribution in [-0.2, 0) is 9.53 Å². The average Bonchev–Trinajstić information content (AvgIpc) is 3.26. The molecule has 8 heteroatoms. The second-order valence-corrected chi connectivity index (χ2v) is 9.83. The first kappa shape index (κ1) is 22.3. The summed E-state index contributed by atoms with van der Waals surface area (Å²) in [5.41, 5.74) is 0.887. The van der Waals surface area contributed by atoms with E-state index in [1.54, 1.807) is 4.90 Å². The lowest BCUT2D eigenvalue weighted by Gasteiger charge is -2.29. The van der Waals surface area contributed by atoms with Gasteiger partial charge in [-0.25, -0.2) is 4.98 Å². The standard InChI is InChI=1S/C25H24BrN3O3S/c26-20-6-8-22-23(16-20)33-25(27-22)29(10-9-28-11-13-31-14-12-28)24(30)17-32-21-7-5-18-3-1-2-4-19(18)15-21/h1-8,15-16H,9-14,17H2. The number of hydrogen-bond acceptors (Lipinski definition) is 6. The van der Waals surface area contributed by atoms with E-state index in [0.717, 1.165) is 58.3 Å². The molecule has 1 fully saturated rings. The van der Waals surface area contributed by atoms with Crippen LogP contribution in [0, 0.1) is 0 Å². The van der Waals surface area contributed by atoms with Crippen molar-refractivity contribution in [2.45, 2.75) is 0 Å². The van der Waals surface area contributed by atoms with E-state index in [9.17, 15) is 4.79 Å². The zero-order valence-electron chi connectivity index (χ0n) is 18.1. The number of benzene rings is 3. The minimum absolute atomic E-state index is 0.0406. The molecule has 0 spiro atoms. The Labute approximate surface area is 204 Å². The van der Waals surface area contributed by atoms with Crippen LogP contribution in [0.1, 0.15) is 0 Å². The lowest BCUT2D eigenvalue weighted by atomic mass is 10.1. The molecule has 0 bridgehead atoms. The van der Waals surface area contributed by atoms with Gasteiger partial charge in [0.25, 0.3) is 5.91 Å². The highest BCUT2D eigenvalue weighted by Gasteiger charge is 2.22. The van der Waals surface area contributed by atoms with Crippen LogP contribution in [0.4, 0.5) is 5.13 Å². The first-order chi connectivity index (χ1) is 16.2. The number of halogens is 1. The van der Waals surface area contributed by atoms with Crippen molar-refractivity contribution in [3.8, 4) is 5.75 Å². The quantitative estimate of drug-likeness (QED) is 0.341. The van der Waals surface area contributed by atoms with E-state index >= 15 is 0 Å². The number of hydrogen-bond donors (Lipinski definition) is 0. The van der Waals surface area contributed by atoms with Crippen molar-refractivity contribution in [3.05, 3.63) is 65.1 Å². The lowest BCUT2D eigenvalue weighted by molar-refractivity contribution is -0.120. The minimum Gasteiger partial charge on any atom is -0.484 e. The molecule has 6 nitrogen and oxygen atoms in total. The summed E-state index contributed by atoms with van der Waals surface area (Å²) < 4.78 is 13.4. The van der Waals surface area contributed by atoms with Crippen LogP contribution < -0.4 is 9.64 Å². The fourth-order valence-electron chi connectivity index (χ4n) is 3.88. The van der Waals surface area contributed by atoms with Crippen LogP contribution in [0.5, 0.6) is 5.75 Å². The van der Waals surface area contributed by atoms with Gasteiger partial charge in [0, 0.05) is 30.7 Å². The van der Waals surface area contributed by atoms with Crippen molar-refractivity contribution in [1.82, 2.24) is 9.88 Å². The Morgan fingerprint density at radius 2 is 1.91 bits per heavy atom. The lowest BCUT2D eigenvalue weighted by Crippen LogP contribution is -2.44. The second kappa shape index (κ2) is 10.2. The molecular weight excluding hydrogens is 502 g/mol. The van der Waals surface area contributed by atoms with Gasteiger partial charge in [-0.3, -0.25) is 14.6 Å². The van der Waals surface area contributed by atoms with Crippen molar-refractivity contribution in [3.63, 3.8) is 0 Å². The Kier molecular flexibility index (Phi) is 6.87. The molecule has 3 aromatic carbocycles. The molecule has 5 rings (SSSR count). The summed E-state index contributed by atoms with van der Waals surface area (Å²) in [5.74, 6) is 0.581. The molecule has 4 aromatic rings. The topological polar surface area (TPSA) is 54.9 Å². The molecule has 1 aliphatic heterocycles. The first-order valence-corrected chi connectivity index (χ1v) is 12.5. The number of aromatic nitrogens is 1. The van der Waals surface area contributed by atoms with Gasteiger partial charge in [0.05, 0.1) is 23.4 Å². The molecule has 0 unspecified atom stereocenters. The fourth-order valence-corrected chi connectivity index (χ4v) is 5.44. The van der Waals surface area contributed by atoms with Gasteiger partial charge in [0.2, 0.25) is 0 Å². The number of carbonyl (C=O) groups excluding carboxylic acids is 1. The Balaban J connectivity index is 1.33. The third kappa shape index (κ3) is 5.35. The number of thiazole rings is 1. The highest BCUT2D eigenvalue weighted by atomic mass is 79.9. The summed E-state index contributed by atoms with van der Waals surface area (Å²) in [5, 5.41) is 2.93. The maximum absolute atomic E-state index is 13.3. The molecule has 0 N–H and O–H groups in total. The van der Waals surface area contributed by atoms with Crippen LogP contribution in [0.15, 0.2) is 65.1 Å². The second-order valence-electron chi connectivity index (χ2n) is 7.91. The van der Waals surface area contributed by atoms with E-state index < -0.39 is 0 Å². The monoisotopic (exact) mass is 525 g/mol. The maximum atomic E-state index is 13.3. The normalized spacial score (nSPS) is 14.6. The van der Waals surface area contributed by atoms with E-state index in [0.29, 0.717) is 17.4 Å². The van der Waals surface area contributed by atoms with Crippen LogP contribution in [-0.4, -0.2) is 61.8 Å². The van der Waals surface area contributed by atoms with Crippen molar-refractivity contribution >= 4 is 59.3 Å². The first-order valence-electron chi connectivity index (χ1n) is 10.9. The molecule has 33 heavy (non-hydrogen) atoms. The van der Waals surface area contributed by atoms with Crippen molar-refractivity contribution < 1.29 is 14.3 Å². The molecule has 1 saturated heterocycles. The van der Waals surface area contributed by atoms with Crippen LogP contribution >= 0.6 is 27.3 Å². The van der Waals surface area contributed by atoms with E-state index in [2.05, 4.69) is 26.9 Å². The summed E-state index contributed by atoms with van der Waals surface area (Å²) in [7, 11) is 0. The summed E-state index contributed by atoms with van der Waals surface area (Å²) in [4.78, 5) is 22.1. The molecular formula is C25H24BrN3O3S. The van der Waals surface area contributed by atoms with E-state index in [1.807, 2.05) is 54.6 Å². The highest BCUT2D eigenvalue weighted by Crippen LogP contribution is 2.31. The molecule has 1 amide bonds. The van der Waals surface area contributed by atoms with E-state index in [-0.39, 0.29) is 12.5 Å². The van der Waals surface area contributed by atoms with Gasteiger partial charge in [-0.1, -0.05) is 57.6 Å². The Bertz CT molecular complexity index is 1270. The predicted molar refractivity (Wildman–Crippen MR) is 136 cm³/mol. The summed E-state index contributed by atoms with van der Waals surface area (Å²) >= 11 is 5.04. The third-order valence-electron chi connectivity index (χ3n) is 5.70. The van der Waals surface area contributed by atoms with Gasteiger partial charge in [-0.2, -0.15) is 0 Å². The zero-order valence-corrected chi connectivity index (χ0v) is 20.5. The molecule has 2 heterocycles. The van der Waals surface area contributed by atoms with Gasteiger partial charge in [0.15, 0.2) is 11.7 Å². The SMILES string of the molecule is O=C(COc1ccc2ccccc2c1)N(CCN1CCOCC1)c1nc2ccc(Br)cc2s1. The third-order valence-corrected chi connectivity index (χ3v) is 7.23. The number of anilines is 1. The number of rotatable bonds is 7. The maximum Gasteiger partial charge on any atom is 0.266 e. The molecule has 0 radical (unpaired) electrons. The number of carbonyl (C=O) groups is 1. The Hall–Kier alpha value is -2.52. The molecule has 170 valence electrons. The smallest absolute Gasteiger partial charge is 0.266 e. The molecule has 0 saturated carbocycles. The number of ether oxygens (including phenoxy) is 2. The largest absolute Gasteiger partial charge is 0.484 e. The summed E-state index contributed by atoms with van der Waals surface area (Å²) in [6.45, 7) is 4.50. The van der Waals surface area contributed by atoms with Gasteiger partial charge in [-0.15, -0.1) is 0 Å². The van der Waals surface area contributed by atoms with Crippen LogP contribution in [0.3, 0.4) is 0 Å². The minimum atomic E-state index is -0.102. The highest BCUT2D eigenvalue weighted by molar-refractivity contribution is 9.10. The van der Waals surface area contributed by atoms with Gasteiger partial charge >= 0.3 is 0 Å². The van der Waals surface area contributed by atoms with Crippen molar-refractivity contribution in [1.29, 1.82) is 0 Å². The van der Waals surface area contributed by atoms with Crippen molar-refractivity contribution in [2.24, 2.45) is 0 Å². The number of nitrogens with zero attached hydrogens (tertiary/aromatic N) is 3. The van der Waals surface area contributed by atoms with Crippen molar-refractivity contribution in [2.75, 3.05) is 50.9 Å². The van der Waals surface area contributed by atoms with E-state index in [4.69, 9.17) is 14.5 Å². The fraction of sp³-hybridized carbons (Fsp3) is 0.280. The Morgan fingerprint density at radius 1 is 1.09 bits per heavy atom. The summed E-state index contributed by atoms with van der Waals surface area (Å²) in [6.07, 6.45) is 0. The molecule has 1 aromatic heterocycles. The van der Waals surface area contributed by atoms with Gasteiger partial charge in [0.1, 0.15) is 5.75 Å². The van der Waals surface area contributed by atoms with E-state index in [1.165, 1.54) is 11.3 Å². The summed E-state index contributed by atoms with van der Waals surface area (Å²) in [6, 6.07) is 20.0. The molecule has 1 aliphatic rings. The predicted octanol–water partition coefficient (Wildman–Crippen LogP) is 4.96. The van der Waals surface area contributed by atoms with Crippen LogP contribution in [0.25, 0.3) is 21.0 Å². The van der Waals surface area contributed by atoms with Crippen LogP contribution in [0.2, 0.25) is 0 Å². The number of fused-ring (bicyclic) bond motifs is 2. The molecule has 0 aliphatic carbocycles.